The fourth-order valence-corrected chi connectivity index (χ4v) is 2.13. The molecular weight excluding hydrogens is 240 g/mol. The Labute approximate surface area is 104 Å². The molecule has 1 amide bonds. The smallest absolute Gasteiger partial charge is 0.227 e. The molecule has 0 saturated carbocycles. The van der Waals surface area contributed by atoms with Crippen LogP contribution in [0.5, 0.6) is 0 Å². The fourth-order valence-electron chi connectivity index (χ4n) is 1.95. The van der Waals surface area contributed by atoms with Crippen molar-refractivity contribution in [3.8, 4) is 0 Å². The second kappa shape index (κ2) is 5.08. The van der Waals surface area contributed by atoms with E-state index in [9.17, 15) is 4.79 Å². The van der Waals surface area contributed by atoms with Gasteiger partial charge in [0.05, 0.1) is 0 Å². The molecule has 1 aromatic carbocycles. The minimum atomic E-state index is 0.0467. The van der Waals surface area contributed by atoms with Crippen molar-refractivity contribution < 1.29 is 4.79 Å². The van der Waals surface area contributed by atoms with Crippen molar-refractivity contribution in [2.75, 3.05) is 18.0 Å². The highest BCUT2D eigenvalue weighted by molar-refractivity contribution is 6.30. The lowest BCUT2D eigenvalue weighted by Crippen LogP contribution is -2.24. The average Bonchev–Trinajstić information content (AvgIpc) is 2.68. The van der Waals surface area contributed by atoms with E-state index < -0.39 is 0 Å². The Morgan fingerprint density at radius 2 is 2.41 bits per heavy atom. The molecule has 17 heavy (non-hydrogen) atoms. The van der Waals surface area contributed by atoms with E-state index in [1.807, 2.05) is 12.1 Å². The molecule has 0 radical (unpaired) electrons. The molecule has 1 unspecified atom stereocenters. The molecular formula is C11H11ClN4O. The van der Waals surface area contributed by atoms with Crippen LogP contribution in [0.2, 0.25) is 5.02 Å². The predicted octanol–water partition coefficient (Wildman–Crippen LogP) is 3.00. The Bertz CT molecular complexity index is 484. The fraction of sp³-hybridized carbons (Fsp3) is 0.364. The Morgan fingerprint density at radius 3 is 3.12 bits per heavy atom. The van der Waals surface area contributed by atoms with Gasteiger partial charge in [-0.25, -0.2) is 0 Å². The summed E-state index contributed by atoms with van der Waals surface area (Å²) in [6.07, 6.45) is 0.422. The third-order valence-corrected chi connectivity index (χ3v) is 2.96. The molecule has 1 atom stereocenters. The lowest BCUT2D eigenvalue weighted by Gasteiger charge is -2.16. The summed E-state index contributed by atoms with van der Waals surface area (Å²) in [5.74, 6) is 0.141. The summed E-state index contributed by atoms with van der Waals surface area (Å²) in [6.45, 7) is 0.942. The maximum Gasteiger partial charge on any atom is 0.227 e. The van der Waals surface area contributed by atoms with E-state index in [-0.39, 0.29) is 11.8 Å². The van der Waals surface area contributed by atoms with E-state index in [4.69, 9.17) is 17.1 Å². The van der Waals surface area contributed by atoms with Gasteiger partial charge < -0.3 is 4.90 Å². The van der Waals surface area contributed by atoms with Crippen molar-refractivity contribution >= 4 is 23.2 Å². The average molecular weight is 251 g/mol. The topological polar surface area (TPSA) is 69.1 Å². The van der Waals surface area contributed by atoms with Gasteiger partial charge in [-0.3, -0.25) is 4.79 Å². The number of rotatable bonds is 3. The molecule has 0 aliphatic carbocycles. The van der Waals surface area contributed by atoms with E-state index in [0.29, 0.717) is 24.5 Å². The summed E-state index contributed by atoms with van der Waals surface area (Å²) in [5, 5.41) is 4.11. The zero-order valence-electron chi connectivity index (χ0n) is 9.08. The van der Waals surface area contributed by atoms with Crippen LogP contribution in [0.25, 0.3) is 10.4 Å². The Kier molecular flexibility index (Phi) is 3.52. The molecule has 0 aromatic heterocycles. The normalized spacial score (nSPS) is 19.2. The maximum atomic E-state index is 11.8. The van der Waals surface area contributed by atoms with Crippen LogP contribution in [0.15, 0.2) is 29.4 Å². The van der Waals surface area contributed by atoms with Crippen LogP contribution in [0, 0.1) is 5.92 Å². The summed E-state index contributed by atoms with van der Waals surface area (Å²) in [4.78, 5) is 16.2. The molecule has 0 bridgehead atoms. The van der Waals surface area contributed by atoms with Crippen molar-refractivity contribution in [1.82, 2.24) is 0 Å². The van der Waals surface area contributed by atoms with Crippen LogP contribution in [0.3, 0.4) is 0 Å². The zero-order valence-corrected chi connectivity index (χ0v) is 9.84. The number of amides is 1. The van der Waals surface area contributed by atoms with E-state index in [1.165, 1.54) is 0 Å². The zero-order chi connectivity index (χ0) is 12.3. The van der Waals surface area contributed by atoms with Crippen molar-refractivity contribution in [3.63, 3.8) is 0 Å². The summed E-state index contributed by atoms with van der Waals surface area (Å²) < 4.78 is 0. The van der Waals surface area contributed by atoms with Gasteiger partial charge in [0.25, 0.3) is 0 Å². The first-order valence-electron chi connectivity index (χ1n) is 5.27. The molecule has 0 spiro atoms. The summed E-state index contributed by atoms with van der Waals surface area (Å²) in [5.41, 5.74) is 9.05. The molecule has 2 rings (SSSR count). The van der Waals surface area contributed by atoms with Gasteiger partial charge in [-0.2, -0.15) is 0 Å². The highest BCUT2D eigenvalue weighted by Crippen LogP contribution is 2.27. The molecule has 88 valence electrons. The number of nitrogens with zero attached hydrogens (tertiary/aromatic N) is 4. The van der Waals surface area contributed by atoms with Gasteiger partial charge in [0.1, 0.15) is 0 Å². The number of azide groups is 1. The number of hydrogen-bond acceptors (Lipinski definition) is 2. The standard InChI is InChI=1S/C11H11ClN4O/c12-9-2-1-3-10(5-9)16-7-8(4-11(16)17)6-14-15-13/h1-3,5,8H,4,6-7H2. The van der Waals surface area contributed by atoms with Crippen molar-refractivity contribution in [2.24, 2.45) is 11.0 Å². The quantitative estimate of drug-likeness (QED) is 0.462. The molecule has 6 heteroatoms. The van der Waals surface area contributed by atoms with Crippen LogP contribution in [0.1, 0.15) is 6.42 Å². The number of halogens is 1. The summed E-state index contributed by atoms with van der Waals surface area (Å²) >= 11 is 5.89. The molecule has 1 aliphatic rings. The number of carbonyl (C=O) groups is 1. The SMILES string of the molecule is [N-]=[N+]=NCC1CC(=O)N(c2cccc(Cl)c2)C1. The van der Waals surface area contributed by atoms with Crippen LogP contribution >= 0.6 is 11.6 Å². The third-order valence-electron chi connectivity index (χ3n) is 2.73. The Morgan fingerprint density at radius 1 is 1.59 bits per heavy atom. The van der Waals surface area contributed by atoms with E-state index in [1.54, 1.807) is 17.0 Å². The van der Waals surface area contributed by atoms with Gasteiger partial charge in [-0.05, 0) is 29.6 Å². The summed E-state index contributed by atoms with van der Waals surface area (Å²) in [7, 11) is 0. The highest BCUT2D eigenvalue weighted by atomic mass is 35.5. The number of carbonyl (C=O) groups excluding carboxylic acids is 1. The highest BCUT2D eigenvalue weighted by Gasteiger charge is 2.29. The minimum absolute atomic E-state index is 0.0467. The second-order valence-electron chi connectivity index (χ2n) is 3.97. The lowest BCUT2D eigenvalue weighted by atomic mass is 10.1. The van der Waals surface area contributed by atoms with Gasteiger partial charge in [-0.15, -0.1) is 0 Å². The molecule has 1 fully saturated rings. The van der Waals surface area contributed by atoms with Gasteiger partial charge >= 0.3 is 0 Å². The Hall–Kier alpha value is -1.71. The van der Waals surface area contributed by atoms with E-state index >= 15 is 0 Å². The van der Waals surface area contributed by atoms with Crippen molar-refractivity contribution in [2.45, 2.75) is 6.42 Å². The van der Waals surface area contributed by atoms with E-state index in [0.717, 1.165) is 5.69 Å². The van der Waals surface area contributed by atoms with Crippen molar-refractivity contribution in [1.29, 1.82) is 0 Å². The first kappa shape index (κ1) is 11.8. The molecule has 1 aromatic rings. The monoisotopic (exact) mass is 250 g/mol. The minimum Gasteiger partial charge on any atom is -0.312 e. The van der Waals surface area contributed by atoms with E-state index in [2.05, 4.69) is 10.0 Å². The van der Waals surface area contributed by atoms with Gasteiger partial charge in [-0.1, -0.05) is 22.8 Å². The number of anilines is 1. The largest absolute Gasteiger partial charge is 0.312 e. The van der Waals surface area contributed by atoms with Crippen molar-refractivity contribution in [3.05, 3.63) is 39.7 Å². The van der Waals surface area contributed by atoms with Crippen LogP contribution in [-0.4, -0.2) is 19.0 Å². The third kappa shape index (κ3) is 2.70. The first-order chi connectivity index (χ1) is 8.20. The Balaban J connectivity index is 2.12. The summed E-state index contributed by atoms with van der Waals surface area (Å²) in [6, 6.07) is 7.18. The van der Waals surface area contributed by atoms with Gasteiger partial charge in [0.15, 0.2) is 0 Å². The first-order valence-corrected chi connectivity index (χ1v) is 5.65. The maximum absolute atomic E-state index is 11.8. The molecule has 5 nitrogen and oxygen atoms in total. The van der Waals surface area contributed by atoms with Crippen LogP contribution in [-0.2, 0) is 4.79 Å². The predicted molar refractivity (Wildman–Crippen MR) is 65.9 cm³/mol. The molecule has 1 aliphatic heterocycles. The lowest BCUT2D eigenvalue weighted by molar-refractivity contribution is -0.117. The molecule has 1 heterocycles. The second-order valence-corrected chi connectivity index (χ2v) is 4.40. The van der Waals surface area contributed by atoms with Crippen LogP contribution in [0.4, 0.5) is 5.69 Å². The molecule has 1 saturated heterocycles. The van der Waals surface area contributed by atoms with Gasteiger partial charge in [0.2, 0.25) is 5.91 Å². The van der Waals surface area contributed by atoms with Gasteiger partial charge in [0, 0.05) is 35.1 Å². The number of hydrogen-bond donors (Lipinski definition) is 0. The molecule has 0 N–H and O–H groups in total. The van der Waals surface area contributed by atoms with Crippen LogP contribution < -0.4 is 4.90 Å². The number of benzene rings is 1.